The molecular formula is C19H22N2O6S. The molecule has 0 saturated heterocycles. The molecule has 0 radical (unpaired) electrons. The van der Waals surface area contributed by atoms with Gasteiger partial charge in [0.2, 0.25) is 0 Å². The SMILES string of the molecule is CCOC(=O)Cc1csc(NC(=O)COC(=O)COc2cccc(C)c2C)n1. The lowest BCUT2D eigenvalue weighted by Gasteiger charge is -2.10. The van der Waals surface area contributed by atoms with E-state index >= 15 is 0 Å². The number of anilines is 1. The summed E-state index contributed by atoms with van der Waals surface area (Å²) in [7, 11) is 0. The third kappa shape index (κ3) is 6.66. The van der Waals surface area contributed by atoms with Gasteiger partial charge in [-0.05, 0) is 38.0 Å². The van der Waals surface area contributed by atoms with Crippen LogP contribution in [0.4, 0.5) is 5.13 Å². The molecule has 0 bridgehead atoms. The zero-order valence-corrected chi connectivity index (χ0v) is 16.8. The molecule has 0 atom stereocenters. The topological polar surface area (TPSA) is 104 Å². The first-order chi connectivity index (χ1) is 13.4. The lowest BCUT2D eigenvalue weighted by Crippen LogP contribution is -2.23. The molecule has 0 spiro atoms. The van der Waals surface area contributed by atoms with E-state index in [1.54, 1.807) is 18.4 Å². The van der Waals surface area contributed by atoms with E-state index in [-0.39, 0.29) is 19.0 Å². The second-order valence-corrected chi connectivity index (χ2v) is 6.68. The predicted octanol–water partition coefficient (Wildman–Crippen LogP) is 2.43. The maximum atomic E-state index is 11.9. The Morgan fingerprint density at radius 3 is 2.64 bits per heavy atom. The third-order valence-corrected chi connectivity index (χ3v) is 4.50. The van der Waals surface area contributed by atoms with Crippen LogP contribution in [0, 0.1) is 13.8 Å². The normalized spacial score (nSPS) is 10.2. The third-order valence-electron chi connectivity index (χ3n) is 3.69. The van der Waals surface area contributed by atoms with Crippen LogP contribution in [0.3, 0.4) is 0 Å². The van der Waals surface area contributed by atoms with Crippen LogP contribution in [0.25, 0.3) is 0 Å². The first kappa shape index (κ1) is 21.4. The Hall–Kier alpha value is -2.94. The number of amides is 1. The maximum Gasteiger partial charge on any atom is 0.344 e. The van der Waals surface area contributed by atoms with E-state index in [9.17, 15) is 14.4 Å². The van der Waals surface area contributed by atoms with Gasteiger partial charge in [0, 0.05) is 5.38 Å². The van der Waals surface area contributed by atoms with Gasteiger partial charge in [0.05, 0.1) is 18.7 Å². The molecule has 0 saturated carbocycles. The number of nitrogens with zero attached hydrogens (tertiary/aromatic N) is 1. The van der Waals surface area contributed by atoms with E-state index < -0.39 is 18.5 Å². The molecular weight excluding hydrogens is 384 g/mol. The average Bonchev–Trinajstić information content (AvgIpc) is 3.08. The second kappa shape index (κ2) is 10.4. The molecule has 150 valence electrons. The summed E-state index contributed by atoms with van der Waals surface area (Å²) in [6.07, 6.45) is 0.0327. The molecule has 1 aromatic heterocycles. The largest absolute Gasteiger partial charge is 0.482 e. The molecule has 1 amide bonds. The van der Waals surface area contributed by atoms with Gasteiger partial charge in [0.15, 0.2) is 18.3 Å². The van der Waals surface area contributed by atoms with E-state index in [0.29, 0.717) is 23.2 Å². The summed E-state index contributed by atoms with van der Waals surface area (Å²) in [4.78, 5) is 39.2. The number of carbonyl (C=O) groups excluding carboxylic acids is 3. The van der Waals surface area contributed by atoms with Gasteiger partial charge in [-0.15, -0.1) is 11.3 Å². The molecule has 0 aliphatic rings. The highest BCUT2D eigenvalue weighted by Crippen LogP contribution is 2.20. The number of aromatic nitrogens is 1. The first-order valence-electron chi connectivity index (χ1n) is 8.63. The summed E-state index contributed by atoms with van der Waals surface area (Å²) in [5.74, 6) is -0.975. The number of rotatable bonds is 9. The van der Waals surface area contributed by atoms with Crippen LogP contribution in [0.5, 0.6) is 5.75 Å². The van der Waals surface area contributed by atoms with Gasteiger partial charge in [-0.25, -0.2) is 9.78 Å². The summed E-state index contributed by atoms with van der Waals surface area (Å²) >= 11 is 1.17. The monoisotopic (exact) mass is 406 g/mol. The number of hydrogen-bond acceptors (Lipinski definition) is 8. The van der Waals surface area contributed by atoms with E-state index in [2.05, 4.69) is 10.3 Å². The number of thiazole rings is 1. The van der Waals surface area contributed by atoms with E-state index in [1.807, 2.05) is 26.0 Å². The Bertz CT molecular complexity index is 849. The summed E-state index contributed by atoms with van der Waals surface area (Å²) in [6.45, 7) is 5.11. The van der Waals surface area contributed by atoms with Crippen molar-refractivity contribution in [1.29, 1.82) is 0 Å². The summed E-state index contributed by atoms with van der Waals surface area (Å²) in [5, 5.41) is 4.47. The smallest absolute Gasteiger partial charge is 0.344 e. The van der Waals surface area contributed by atoms with Gasteiger partial charge in [-0.3, -0.25) is 14.9 Å². The number of nitrogens with one attached hydrogen (secondary N) is 1. The van der Waals surface area contributed by atoms with Gasteiger partial charge in [0.25, 0.3) is 5.91 Å². The van der Waals surface area contributed by atoms with Crippen LogP contribution in [0.2, 0.25) is 0 Å². The highest BCUT2D eigenvalue weighted by molar-refractivity contribution is 7.13. The molecule has 0 unspecified atom stereocenters. The number of hydrogen-bond donors (Lipinski definition) is 1. The molecule has 28 heavy (non-hydrogen) atoms. The fraction of sp³-hybridized carbons (Fsp3) is 0.368. The van der Waals surface area contributed by atoms with Crippen molar-refractivity contribution in [3.8, 4) is 5.75 Å². The summed E-state index contributed by atoms with van der Waals surface area (Å²) in [5.41, 5.74) is 2.49. The van der Waals surface area contributed by atoms with Crippen molar-refractivity contribution in [2.75, 3.05) is 25.1 Å². The Balaban J connectivity index is 1.73. The minimum absolute atomic E-state index is 0.0327. The molecule has 1 N–H and O–H groups in total. The fourth-order valence-electron chi connectivity index (χ4n) is 2.17. The number of benzene rings is 1. The van der Waals surface area contributed by atoms with Crippen LogP contribution in [-0.2, 0) is 30.3 Å². The Labute approximate surface area is 166 Å². The van der Waals surface area contributed by atoms with E-state index in [0.717, 1.165) is 11.1 Å². The van der Waals surface area contributed by atoms with Gasteiger partial charge < -0.3 is 14.2 Å². The van der Waals surface area contributed by atoms with Crippen molar-refractivity contribution in [2.45, 2.75) is 27.2 Å². The highest BCUT2D eigenvalue weighted by atomic mass is 32.1. The molecule has 9 heteroatoms. The van der Waals surface area contributed by atoms with Gasteiger partial charge in [-0.2, -0.15) is 0 Å². The number of aryl methyl sites for hydroxylation is 1. The van der Waals surface area contributed by atoms with Crippen molar-refractivity contribution >= 4 is 34.3 Å². The second-order valence-electron chi connectivity index (χ2n) is 5.82. The van der Waals surface area contributed by atoms with Gasteiger partial charge in [0.1, 0.15) is 5.75 Å². The van der Waals surface area contributed by atoms with Crippen molar-refractivity contribution in [1.82, 2.24) is 4.98 Å². The molecule has 1 heterocycles. The van der Waals surface area contributed by atoms with E-state index in [4.69, 9.17) is 14.2 Å². The Kier molecular flexibility index (Phi) is 7.94. The van der Waals surface area contributed by atoms with Crippen LogP contribution >= 0.6 is 11.3 Å². The zero-order chi connectivity index (χ0) is 20.5. The zero-order valence-electron chi connectivity index (χ0n) is 15.9. The van der Waals surface area contributed by atoms with Crippen molar-refractivity contribution < 1.29 is 28.6 Å². The molecule has 0 fully saturated rings. The lowest BCUT2D eigenvalue weighted by molar-refractivity contribution is -0.149. The quantitative estimate of drug-likeness (QED) is 0.638. The first-order valence-corrected chi connectivity index (χ1v) is 9.51. The van der Waals surface area contributed by atoms with Crippen molar-refractivity contribution in [2.24, 2.45) is 0 Å². The molecule has 0 aliphatic carbocycles. The van der Waals surface area contributed by atoms with Crippen LogP contribution in [0.1, 0.15) is 23.7 Å². The minimum Gasteiger partial charge on any atom is -0.482 e. The summed E-state index contributed by atoms with van der Waals surface area (Å²) in [6, 6.07) is 5.54. The standard InChI is InChI=1S/C19H22N2O6S/c1-4-25-17(23)8-14-11-28-19(20-14)21-16(22)9-27-18(24)10-26-15-7-5-6-12(2)13(15)3/h5-7,11H,4,8-10H2,1-3H3,(H,20,21,22). The van der Waals surface area contributed by atoms with E-state index in [1.165, 1.54) is 11.3 Å². The average molecular weight is 406 g/mol. The maximum absolute atomic E-state index is 11.9. The van der Waals surface area contributed by atoms with Gasteiger partial charge in [-0.1, -0.05) is 12.1 Å². The van der Waals surface area contributed by atoms with Crippen molar-refractivity contribution in [3.63, 3.8) is 0 Å². The van der Waals surface area contributed by atoms with Crippen LogP contribution in [-0.4, -0.2) is 42.7 Å². The van der Waals surface area contributed by atoms with Crippen LogP contribution in [0.15, 0.2) is 23.6 Å². The molecule has 2 rings (SSSR count). The Morgan fingerprint density at radius 1 is 1.11 bits per heavy atom. The predicted molar refractivity (Wildman–Crippen MR) is 103 cm³/mol. The van der Waals surface area contributed by atoms with Crippen LogP contribution < -0.4 is 10.1 Å². The summed E-state index contributed by atoms with van der Waals surface area (Å²) < 4.78 is 15.2. The molecule has 8 nitrogen and oxygen atoms in total. The highest BCUT2D eigenvalue weighted by Gasteiger charge is 2.13. The van der Waals surface area contributed by atoms with Gasteiger partial charge >= 0.3 is 11.9 Å². The fourth-order valence-corrected chi connectivity index (χ4v) is 2.89. The molecule has 2 aromatic rings. The number of carbonyl (C=O) groups is 3. The Morgan fingerprint density at radius 2 is 1.89 bits per heavy atom. The lowest BCUT2D eigenvalue weighted by atomic mass is 10.1. The minimum atomic E-state index is -0.654. The number of ether oxygens (including phenoxy) is 3. The molecule has 1 aromatic carbocycles. The van der Waals surface area contributed by atoms with Crippen molar-refractivity contribution in [3.05, 3.63) is 40.4 Å². The molecule has 0 aliphatic heterocycles. The number of esters is 2.